The molecule has 1 aliphatic heterocycles. The molecule has 0 radical (unpaired) electrons. The summed E-state index contributed by atoms with van der Waals surface area (Å²) in [5.41, 5.74) is 1.85. The summed E-state index contributed by atoms with van der Waals surface area (Å²) in [5, 5.41) is 12.7. The van der Waals surface area contributed by atoms with Crippen LogP contribution in [0.25, 0.3) is 11.0 Å². The molecule has 0 unspecified atom stereocenters. The summed E-state index contributed by atoms with van der Waals surface area (Å²) in [6.07, 6.45) is 2.38. The van der Waals surface area contributed by atoms with Gasteiger partial charge in [-0.15, -0.1) is 0 Å². The third kappa shape index (κ3) is 3.01. The number of benzene rings is 2. The maximum atomic E-state index is 14.2. The summed E-state index contributed by atoms with van der Waals surface area (Å²) in [6.45, 7) is 0.660. The Kier molecular flexibility index (Phi) is 4.08. The molecule has 0 aliphatic carbocycles. The number of rotatable bonds is 3. The van der Waals surface area contributed by atoms with E-state index < -0.39 is 11.7 Å². The number of fused-ring (bicyclic) bond motifs is 1. The summed E-state index contributed by atoms with van der Waals surface area (Å²) in [5.74, 6) is -1.19. The summed E-state index contributed by atoms with van der Waals surface area (Å²) < 4.78 is 14.2. The van der Waals surface area contributed by atoms with E-state index in [0.717, 1.165) is 24.6 Å². The minimum absolute atomic E-state index is 0.0715. The predicted molar refractivity (Wildman–Crippen MR) is 94.4 cm³/mol. The minimum atomic E-state index is -0.675. The molecule has 1 aliphatic rings. The third-order valence-corrected chi connectivity index (χ3v) is 4.39. The molecule has 4 rings (SSSR count). The topological polar surface area (TPSA) is 91.0 Å². The molecule has 2 aromatic carbocycles. The van der Waals surface area contributed by atoms with Gasteiger partial charge in [-0.1, -0.05) is 6.07 Å². The van der Waals surface area contributed by atoms with Crippen molar-refractivity contribution in [1.29, 1.82) is 0 Å². The van der Waals surface area contributed by atoms with Crippen molar-refractivity contribution in [1.82, 2.24) is 15.4 Å². The molecular formula is C18H16FN5O2. The number of nitrogens with one attached hydrogen (secondary N) is 2. The molecule has 2 heterocycles. The average Bonchev–Trinajstić information content (AvgIpc) is 3.08. The van der Waals surface area contributed by atoms with Crippen LogP contribution in [0.1, 0.15) is 29.6 Å². The molecule has 7 nitrogen and oxygen atoms in total. The van der Waals surface area contributed by atoms with Crippen LogP contribution in [0.2, 0.25) is 0 Å². The Morgan fingerprint density at radius 2 is 1.96 bits per heavy atom. The summed E-state index contributed by atoms with van der Waals surface area (Å²) >= 11 is 0. The van der Waals surface area contributed by atoms with Crippen molar-refractivity contribution in [3.8, 4) is 0 Å². The van der Waals surface area contributed by atoms with Gasteiger partial charge in [-0.3, -0.25) is 9.59 Å². The lowest BCUT2D eigenvalue weighted by atomic mass is 10.1. The molecular weight excluding hydrogens is 337 g/mol. The lowest BCUT2D eigenvalue weighted by molar-refractivity contribution is -0.119. The minimum Gasteiger partial charge on any atom is -0.322 e. The van der Waals surface area contributed by atoms with Crippen molar-refractivity contribution in [2.24, 2.45) is 0 Å². The van der Waals surface area contributed by atoms with Crippen LogP contribution in [0, 0.1) is 5.82 Å². The molecule has 0 spiro atoms. The predicted octanol–water partition coefficient (Wildman–Crippen LogP) is 2.87. The van der Waals surface area contributed by atoms with E-state index >= 15 is 0 Å². The molecule has 1 saturated heterocycles. The normalized spacial score (nSPS) is 14.7. The molecule has 0 atom stereocenters. The van der Waals surface area contributed by atoms with Crippen molar-refractivity contribution in [2.45, 2.75) is 19.3 Å². The smallest absolute Gasteiger partial charge is 0.258 e. The second-order valence-corrected chi connectivity index (χ2v) is 6.15. The highest BCUT2D eigenvalue weighted by Crippen LogP contribution is 2.24. The van der Waals surface area contributed by atoms with Gasteiger partial charge in [0.15, 0.2) is 0 Å². The van der Waals surface area contributed by atoms with Gasteiger partial charge in [-0.25, -0.2) is 4.39 Å². The van der Waals surface area contributed by atoms with E-state index in [1.165, 1.54) is 6.07 Å². The highest BCUT2D eigenvalue weighted by molar-refractivity contribution is 6.06. The second-order valence-electron chi connectivity index (χ2n) is 6.15. The van der Waals surface area contributed by atoms with E-state index in [4.69, 9.17) is 0 Å². The lowest BCUT2D eigenvalue weighted by Crippen LogP contribution is -2.35. The SMILES string of the molecule is O=C(Nc1cccc(N2CCCCC2=O)c1)c1cc2n[nH]nc2cc1F. The quantitative estimate of drug-likeness (QED) is 0.757. The second kappa shape index (κ2) is 6.55. The van der Waals surface area contributed by atoms with E-state index in [9.17, 15) is 14.0 Å². The highest BCUT2D eigenvalue weighted by Gasteiger charge is 2.20. The number of nitrogens with zero attached hydrogens (tertiary/aromatic N) is 3. The van der Waals surface area contributed by atoms with Crippen LogP contribution in [-0.2, 0) is 4.79 Å². The number of aromatic amines is 1. The number of halogens is 1. The van der Waals surface area contributed by atoms with Crippen LogP contribution in [-0.4, -0.2) is 33.8 Å². The Morgan fingerprint density at radius 1 is 1.15 bits per heavy atom. The van der Waals surface area contributed by atoms with Gasteiger partial charge in [0.1, 0.15) is 16.9 Å². The first kappa shape index (κ1) is 16.2. The number of hydrogen-bond acceptors (Lipinski definition) is 4. The molecule has 132 valence electrons. The molecule has 1 aromatic heterocycles. The molecule has 1 fully saturated rings. The van der Waals surface area contributed by atoms with Gasteiger partial charge in [-0.05, 0) is 37.1 Å². The molecule has 2 amide bonds. The zero-order chi connectivity index (χ0) is 18.1. The van der Waals surface area contributed by atoms with E-state index in [-0.39, 0.29) is 11.5 Å². The summed E-state index contributed by atoms with van der Waals surface area (Å²) in [7, 11) is 0. The Morgan fingerprint density at radius 3 is 2.77 bits per heavy atom. The fourth-order valence-electron chi connectivity index (χ4n) is 3.07. The number of carbonyl (C=O) groups is 2. The molecule has 0 bridgehead atoms. The van der Waals surface area contributed by atoms with Gasteiger partial charge < -0.3 is 10.2 Å². The maximum absolute atomic E-state index is 14.2. The first-order valence-electron chi connectivity index (χ1n) is 8.33. The molecule has 0 saturated carbocycles. The highest BCUT2D eigenvalue weighted by atomic mass is 19.1. The van der Waals surface area contributed by atoms with E-state index in [2.05, 4.69) is 20.7 Å². The Hall–Kier alpha value is -3.29. The van der Waals surface area contributed by atoms with Crippen molar-refractivity contribution in [3.63, 3.8) is 0 Å². The number of anilines is 2. The van der Waals surface area contributed by atoms with Crippen LogP contribution in [0.4, 0.5) is 15.8 Å². The van der Waals surface area contributed by atoms with Gasteiger partial charge in [-0.2, -0.15) is 15.4 Å². The van der Waals surface area contributed by atoms with E-state index in [0.29, 0.717) is 29.7 Å². The van der Waals surface area contributed by atoms with Gasteiger partial charge in [0.05, 0.1) is 5.56 Å². The van der Waals surface area contributed by atoms with Gasteiger partial charge in [0, 0.05) is 30.4 Å². The van der Waals surface area contributed by atoms with Crippen LogP contribution in [0.5, 0.6) is 0 Å². The number of piperidine rings is 1. The number of H-pyrrole nitrogens is 1. The maximum Gasteiger partial charge on any atom is 0.258 e. The largest absolute Gasteiger partial charge is 0.322 e. The molecule has 3 aromatic rings. The third-order valence-electron chi connectivity index (χ3n) is 4.39. The Bertz CT molecular complexity index is 1000. The zero-order valence-electron chi connectivity index (χ0n) is 13.8. The first-order chi connectivity index (χ1) is 12.6. The fraction of sp³-hybridized carbons (Fsp3) is 0.222. The first-order valence-corrected chi connectivity index (χ1v) is 8.33. The van der Waals surface area contributed by atoms with Crippen molar-refractivity contribution in [2.75, 3.05) is 16.8 Å². The van der Waals surface area contributed by atoms with Gasteiger partial charge >= 0.3 is 0 Å². The lowest BCUT2D eigenvalue weighted by Gasteiger charge is -2.27. The van der Waals surface area contributed by atoms with E-state index in [1.807, 2.05) is 6.07 Å². The number of carbonyl (C=O) groups excluding carboxylic acids is 2. The van der Waals surface area contributed by atoms with Gasteiger partial charge in [0.25, 0.3) is 5.91 Å². The standard InChI is InChI=1S/C18H16FN5O2/c19-14-10-16-15(21-23-22-16)9-13(14)18(26)20-11-4-3-5-12(8-11)24-7-2-1-6-17(24)25/h3-5,8-10H,1-2,6-7H2,(H,20,26)(H,21,22,23). The molecule has 8 heteroatoms. The van der Waals surface area contributed by atoms with Crippen molar-refractivity contribution >= 4 is 34.2 Å². The van der Waals surface area contributed by atoms with Crippen LogP contribution in [0.3, 0.4) is 0 Å². The fourth-order valence-corrected chi connectivity index (χ4v) is 3.07. The number of amides is 2. The monoisotopic (exact) mass is 353 g/mol. The summed E-state index contributed by atoms with van der Waals surface area (Å²) in [4.78, 5) is 26.2. The Balaban J connectivity index is 1.58. The van der Waals surface area contributed by atoms with Crippen LogP contribution >= 0.6 is 0 Å². The van der Waals surface area contributed by atoms with Crippen LogP contribution in [0.15, 0.2) is 36.4 Å². The van der Waals surface area contributed by atoms with Crippen molar-refractivity contribution in [3.05, 3.63) is 47.8 Å². The Labute approximate surface area is 148 Å². The average molecular weight is 353 g/mol. The van der Waals surface area contributed by atoms with E-state index in [1.54, 1.807) is 23.1 Å². The number of hydrogen-bond donors (Lipinski definition) is 2. The zero-order valence-corrected chi connectivity index (χ0v) is 13.8. The summed E-state index contributed by atoms with van der Waals surface area (Å²) in [6, 6.07) is 9.50. The van der Waals surface area contributed by atoms with Crippen LogP contribution < -0.4 is 10.2 Å². The molecule has 2 N–H and O–H groups in total. The van der Waals surface area contributed by atoms with Crippen molar-refractivity contribution < 1.29 is 14.0 Å². The van der Waals surface area contributed by atoms with Gasteiger partial charge in [0.2, 0.25) is 5.91 Å². The number of aromatic nitrogens is 3. The molecule has 26 heavy (non-hydrogen) atoms.